The van der Waals surface area contributed by atoms with Gasteiger partial charge in [-0.2, -0.15) is 0 Å². The first-order chi connectivity index (χ1) is 19.3. The van der Waals surface area contributed by atoms with Gasteiger partial charge in [-0.1, -0.05) is 105 Å². The zero-order valence-corrected chi connectivity index (χ0v) is 22.1. The van der Waals surface area contributed by atoms with E-state index in [1.54, 1.807) is 0 Å². The number of hydrogen-bond donors (Lipinski definition) is 2. The molecular weight excluding hydrogens is 472 g/mol. The molecule has 39 heavy (non-hydrogen) atoms. The minimum atomic E-state index is 0.288. The number of aromatic nitrogens is 2. The molecule has 8 aromatic rings. The molecule has 8 rings (SSSR count). The van der Waals surface area contributed by atoms with Gasteiger partial charge in [-0.15, -0.1) is 0 Å². The van der Waals surface area contributed by atoms with Crippen molar-refractivity contribution in [1.29, 1.82) is 0 Å². The Morgan fingerprint density at radius 3 is 1.36 bits per heavy atom. The molecular formula is C37H30N2. The monoisotopic (exact) mass is 502 g/mol. The molecule has 0 radical (unpaired) electrons. The third-order valence-electron chi connectivity index (χ3n) is 8.70. The SMILES string of the molecule is CCCCC(c1cc2c3ccccc3[nH]c2c2ccccc12)c1cc2c3ccccc3[nH]c2c2ccccc12. The van der Waals surface area contributed by atoms with Crippen molar-refractivity contribution in [3.8, 4) is 0 Å². The zero-order chi connectivity index (χ0) is 25.9. The average Bonchev–Trinajstić information content (AvgIpc) is 3.56. The Morgan fingerprint density at radius 2 is 0.897 bits per heavy atom. The fourth-order valence-electron chi connectivity index (χ4n) is 6.89. The summed E-state index contributed by atoms with van der Waals surface area (Å²) in [7, 11) is 0. The molecule has 2 N–H and O–H groups in total. The van der Waals surface area contributed by atoms with Gasteiger partial charge in [0.2, 0.25) is 0 Å². The lowest BCUT2D eigenvalue weighted by Gasteiger charge is -2.23. The van der Waals surface area contributed by atoms with Gasteiger partial charge in [0.25, 0.3) is 0 Å². The molecule has 2 aromatic heterocycles. The molecule has 0 aliphatic rings. The van der Waals surface area contributed by atoms with Gasteiger partial charge >= 0.3 is 0 Å². The van der Waals surface area contributed by atoms with Gasteiger partial charge in [-0.25, -0.2) is 0 Å². The molecule has 0 bridgehead atoms. The lowest BCUT2D eigenvalue weighted by Crippen LogP contribution is -2.04. The minimum Gasteiger partial charge on any atom is -0.354 e. The number of benzene rings is 6. The van der Waals surface area contributed by atoms with E-state index < -0.39 is 0 Å². The molecule has 0 amide bonds. The van der Waals surface area contributed by atoms with E-state index in [9.17, 15) is 0 Å². The van der Waals surface area contributed by atoms with Gasteiger partial charge in [0.15, 0.2) is 0 Å². The largest absolute Gasteiger partial charge is 0.354 e. The van der Waals surface area contributed by atoms with Crippen LogP contribution in [0.3, 0.4) is 0 Å². The fraction of sp³-hybridized carbons (Fsp3) is 0.135. The van der Waals surface area contributed by atoms with E-state index in [1.807, 2.05) is 0 Å². The summed E-state index contributed by atoms with van der Waals surface area (Å²) in [4.78, 5) is 7.47. The van der Waals surface area contributed by atoms with Crippen LogP contribution < -0.4 is 0 Å². The van der Waals surface area contributed by atoms with E-state index in [1.165, 1.54) is 89.1 Å². The standard InChI is InChI=1S/C37H30N2/c1-2-3-12-25(30-21-32-26-15-8-10-19-34(26)38-36(32)28-17-6-4-13-23(28)30)31-22-33-27-16-9-11-20-35(27)39-37(33)29-18-7-5-14-24(29)31/h4-11,13-22,25,38-39H,2-3,12H2,1H3. The average molecular weight is 503 g/mol. The Hall–Kier alpha value is -4.56. The van der Waals surface area contributed by atoms with Crippen LogP contribution in [0.2, 0.25) is 0 Å². The molecule has 0 aliphatic carbocycles. The zero-order valence-electron chi connectivity index (χ0n) is 22.1. The van der Waals surface area contributed by atoms with Crippen LogP contribution in [0.15, 0.2) is 109 Å². The van der Waals surface area contributed by atoms with Gasteiger partial charge in [0, 0.05) is 49.3 Å². The van der Waals surface area contributed by atoms with Crippen molar-refractivity contribution in [3.63, 3.8) is 0 Å². The lowest BCUT2D eigenvalue weighted by molar-refractivity contribution is 0.657. The summed E-state index contributed by atoms with van der Waals surface area (Å²) in [6.45, 7) is 2.30. The number of aromatic amines is 2. The molecule has 0 saturated carbocycles. The van der Waals surface area contributed by atoms with Crippen LogP contribution in [0.1, 0.15) is 43.2 Å². The first-order valence-electron chi connectivity index (χ1n) is 14.2. The van der Waals surface area contributed by atoms with Gasteiger partial charge in [0.1, 0.15) is 0 Å². The van der Waals surface area contributed by atoms with Crippen LogP contribution >= 0.6 is 0 Å². The highest BCUT2D eigenvalue weighted by Gasteiger charge is 2.23. The summed E-state index contributed by atoms with van der Waals surface area (Å²) in [5.74, 6) is 0.288. The first kappa shape index (κ1) is 22.4. The van der Waals surface area contributed by atoms with Crippen molar-refractivity contribution in [1.82, 2.24) is 9.97 Å². The smallest absolute Gasteiger partial charge is 0.0544 e. The molecule has 0 aliphatic heterocycles. The van der Waals surface area contributed by atoms with E-state index in [0.717, 1.165) is 6.42 Å². The maximum Gasteiger partial charge on any atom is 0.0544 e. The van der Waals surface area contributed by atoms with Crippen LogP contribution in [0, 0.1) is 0 Å². The quantitative estimate of drug-likeness (QED) is 0.235. The Kier molecular flexibility index (Phi) is 5.03. The molecule has 0 spiro atoms. The number of hydrogen-bond acceptors (Lipinski definition) is 0. The number of unbranched alkanes of at least 4 members (excludes halogenated alkanes) is 1. The molecule has 0 unspecified atom stereocenters. The van der Waals surface area contributed by atoms with Gasteiger partial charge < -0.3 is 9.97 Å². The number of H-pyrrole nitrogens is 2. The highest BCUT2D eigenvalue weighted by Crippen LogP contribution is 2.44. The molecule has 2 nitrogen and oxygen atoms in total. The van der Waals surface area contributed by atoms with Crippen LogP contribution in [-0.4, -0.2) is 9.97 Å². The molecule has 2 heteroatoms. The second kappa shape index (κ2) is 8.74. The summed E-state index contributed by atoms with van der Waals surface area (Å²) < 4.78 is 0. The number of fused-ring (bicyclic) bond motifs is 10. The van der Waals surface area contributed by atoms with Crippen molar-refractivity contribution in [2.45, 2.75) is 32.1 Å². The van der Waals surface area contributed by atoms with Gasteiger partial charge in [-0.05, 0) is 52.6 Å². The third kappa shape index (κ3) is 3.34. The van der Waals surface area contributed by atoms with Crippen LogP contribution in [0.5, 0.6) is 0 Å². The van der Waals surface area contributed by atoms with E-state index in [4.69, 9.17) is 0 Å². The van der Waals surface area contributed by atoms with E-state index >= 15 is 0 Å². The molecule has 2 heterocycles. The third-order valence-corrected chi connectivity index (χ3v) is 8.70. The topological polar surface area (TPSA) is 31.6 Å². The highest BCUT2D eigenvalue weighted by molar-refractivity contribution is 6.19. The van der Waals surface area contributed by atoms with Gasteiger partial charge in [0.05, 0.1) is 11.0 Å². The van der Waals surface area contributed by atoms with Crippen molar-refractivity contribution in [3.05, 3.63) is 120 Å². The Balaban J connectivity index is 1.50. The van der Waals surface area contributed by atoms with E-state index in [0.29, 0.717) is 0 Å². The summed E-state index contributed by atoms with van der Waals surface area (Å²) in [5, 5.41) is 10.5. The molecule has 6 aromatic carbocycles. The minimum absolute atomic E-state index is 0.288. The number of rotatable bonds is 5. The molecule has 0 atom stereocenters. The lowest BCUT2D eigenvalue weighted by atomic mass is 9.81. The van der Waals surface area contributed by atoms with Crippen molar-refractivity contribution < 1.29 is 0 Å². The summed E-state index contributed by atoms with van der Waals surface area (Å²) in [5.41, 5.74) is 7.74. The Bertz CT molecular complexity index is 2020. The normalized spacial score (nSPS) is 12.3. The number of nitrogens with one attached hydrogen (secondary N) is 2. The predicted molar refractivity (Wildman–Crippen MR) is 168 cm³/mol. The summed E-state index contributed by atoms with van der Waals surface area (Å²) in [6, 6.07) is 40.3. The second-order valence-corrected chi connectivity index (χ2v) is 10.9. The van der Waals surface area contributed by atoms with Crippen LogP contribution in [-0.2, 0) is 0 Å². The summed E-state index contributed by atoms with van der Waals surface area (Å²) >= 11 is 0. The van der Waals surface area contributed by atoms with Crippen molar-refractivity contribution in [2.24, 2.45) is 0 Å². The van der Waals surface area contributed by atoms with Crippen LogP contribution in [0.4, 0.5) is 0 Å². The van der Waals surface area contributed by atoms with Crippen molar-refractivity contribution in [2.75, 3.05) is 0 Å². The second-order valence-electron chi connectivity index (χ2n) is 10.9. The van der Waals surface area contributed by atoms with Crippen LogP contribution in [0.25, 0.3) is 65.2 Å². The first-order valence-corrected chi connectivity index (χ1v) is 14.2. The Labute approximate surface area is 227 Å². The molecule has 188 valence electrons. The van der Waals surface area contributed by atoms with E-state index in [2.05, 4.69) is 126 Å². The Morgan fingerprint density at radius 1 is 0.487 bits per heavy atom. The van der Waals surface area contributed by atoms with Gasteiger partial charge in [-0.3, -0.25) is 0 Å². The van der Waals surface area contributed by atoms with E-state index in [-0.39, 0.29) is 5.92 Å². The summed E-state index contributed by atoms with van der Waals surface area (Å²) in [6.07, 6.45) is 3.48. The molecule has 0 saturated heterocycles. The maximum absolute atomic E-state index is 3.74. The van der Waals surface area contributed by atoms with Crippen molar-refractivity contribution >= 4 is 65.2 Å². The number of para-hydroxylation sites is 2. The highest BCUT2D eigenvalue weighted by atomic mass is 14.7. The fourth-order valence-corrected chi connectivity index (χ4v) is 6.89. The maximum atomic E-state index is 3.74. The predicted octanol–water partition coefficient (Wildman–Crippen LogP) is 10.6. The molecule has 0 fully saturated rings.